The van der Waals surface area contributed by atoms with Gasteiger partial charge in [-0.1, -0.05) is 45.7 Å². The van der Waals surface area contributed by atoms with Crippen LogP contribution in [0.2, 0.25) is 0 Å². The number of para-hydroxylation sites is 1. The lowest BCUT2D eigenvalue weighted by Gasteiger charge is -1.97. The summed E-state index contributed by atoms with van der Waals surface area (Å²) >= 11 is 1.30. The molecule has 0 aliphatic heterocycles. The molecule has 0 atom stereocenters. The summed E-state index contributed by atoms with van der Waals surface area (Å²) in [4.78, 5) is 4.34. The van der Waals surface area contributed by atoms with Crippen LogP contribution in [-0.4, -0.2) is 13.4 Å². The Labute approximate surface area is 126 Å². The average Bonchev–Trinajstić information content (AvgIpc) is 2.89. The van der Waals surface area contributed by atoms with Crippen LogP contribution in [0.4, 0.5) is 5.13 Å². The van der Waals surface area contributed by atoms with Crippen molar-refractivity contribution >= 4 is 36.7 Å². The molecular weight excluding hydrogens is 306 g/mol. The molecule has 21 heavy (non-hydrogen) atoms. The first-order chi connectivity index (χ1) is 10.0. The monoisotopic (exact) mass is 317 g/mol. The SMILES string of the molecule is Cc1ccc(S(=O)(=O)/N=N/c2nc3ccccc3s2)cc1. The standard InChI is InChI=1S/C14H11N3O2S2/c1-10-6-8-11(9-7-10)21(18,19)17-16-14-15-12-4-2-3-5-13(12)20-14/h2-9H,1H3/b17-16+. The van der Waals surface area contributed by atoms with Crippen LogP contribution in [0.25, 0.3) is 10.2 Å². The molecule has 3 aromatic rings. The smallest absolute Gasteiger partial charge is 0.217 e. The quantitative estimate of drug-likeness (QED) is 0.683. The Kier molecular flexibility index (Phi) is 3.52. The van der Waals surface area contributed by atoms with Crippen molar-refractivity contribution in [2.45, 2.75) is 11.8 Å². The van der Waals surface area contributed by atoms with Crippen LogP contribution in [0.15, 0.2) is 63.1 Å². The summed E-state index contributed by atoms with van der Waals surface area (Å²) in [7, 11) is -3.79. The topological polar surface area (TPSA) is 71.8 Å². The number of hydrogen-bond acceptors (Lipinski definition) is 5. The van der Waals surface area contributed by atoms with Crippen LogP contribution in [-0.2, 0) is 10.0 Å². The number of rotatable bonds is 3. The molecule has 0 aliphatic carbocycles. The summed E-state index contributed by atoms with van der Waals surface area (Å²) < 4.78 is 28.5. The van der Waals surface area contributed by atoms with Gasteiger partial charge in [-0.25, -0.2) is 4.98 Å². The Bertz CT molecular complexity index is 880. The van der Waals surface area contributed by atoms with Gasteiger partial charge in [-0.05, 0) is 31.2 Å². The van der Waals surface area contributed by atoms with Gasteiger partial charge in [0.2, 0.25) is 5.13 Å². The maximum atomic E-state index is 12.0. The van der Waals surface area contributed by atoms with Crippen LogP contribution in [0.1, 0.15) is 5.56 Å². The van der Waals surface area contributed by atoms with E-state index in [1.807, 2.05) is 31.2 Å². The highest BCUT2D eigenvalue weighted by molar-refractivity contribution is 7.90. The van der Waals surface area contributed by atoms with Crippen LogP contribution < -0.4 is 0 Å². The lowest BCUT2D eigenvalue weighted by molar-refractivity contribution is 0.595. The molecule has 2 aromatic carbocycles. The molecule has 0 N–H and O–H groups in total. The van der Waals surface area contributed by atoms with E-state index < -0.39 is 10.0 Å². The third-order valence-corrected chi connectivity index (χ3v) is 4.92. The molecule has 3 rings (SSSR count). The first-order valence-electron chi connectivity index (χ1n) is 6.15. The number of nitrogens with zero attached hydrogens (tertiary/aromatic N) is 3. The van der Waals surface area contributed by atoms with Crippen LogP contribution in [0.3, 0.4) is 0 Å². The summed E-state index contributed by atoms with van der Waals surface area (Å²) in [6.07, 6.45) is 0. The second-order valence-corrected chi connectivity index (χ2v) is 7.03. The number of fused-ring (bicyclic) bond motifs is 1. The summed E-state index contributed by atoms with van der Waals surface area (Å²) in [5.41, 5.74) is 1.77. The molecule has 0 saturated carbocycles. The molecule has 0 fully saturated rings. The van der Waals surface area contributed by atoms with Crippen molar-refractivity contribution in [1.82, 2.24) is 4.98 Å². The second-order valence-electron chi connectivity index (χ2n) is 4.43. The third-order valence-electron chi connectivity index (χ3n) is 2.84. The van der Waals surface area contributed by atoms with Gasteiger partial charge in [-0.3, -0.25) is 0 Å². The van der Waals surface area contributed by atoms with Crippen molar-refractivity contribution in [1.29, 1.82) is 0 Å². The third kappa shape index (κ3) is 2.98. The summed E-state index contributed by atoms with van der Waals surface area (Å²) in [6, 6.07) is 14.0. The molecule has 1 heterocycles. The highest BCUT2D eigenvalue weighted by atomic mass is 32.2. The lowest BCUT2D eigenvalue weighted by Crippen LogP contribution is -1.95. The average molecular weight is 317 g/mol. The van der Waals surface area contributed by atoms with E-state index in [-0.39, 0.29) is 4.90 Å². The van der Waals surface area contributed by atoms with E-state index in [0.717, 1.165) is 15.8 Å². The summed E-state index contributed by atoms with van der Waals surface area (Å²) in [5, 5.41) is 4.08. The van der Waals surface area contributed by atoms with Crippen LogP contribution in [0, 0.1) is 6.92 Å². The minimum atomic E-state index is -3.79. The zero-order chi connectivity index (χ0) is 14.9. The zero-order valence-corrected chi connectivity index (χ0v) is 12.7. The molecule has 5 nitrogen and oxygen atoms in total. The number of benzene rings is 2. The van der Waals surface area contributed by atoms with E-state index >= 15 is 0 Å². The van der Waals surface area contributed by atoms with E-state index in [1.54, 1.807) is 12.1 Å². The van der Waals surface area contributed by atoms with E-state index in [2.05, 4.69) is 14.6 Å². The zero-order valence-electron chi connectivity index (χ0n) is 11.1. The number of thiazole rings is 1. The molecule has 106 valence electrons. The number of sulfonamides is 1. The minimum absolute atomic E-state index is 0.123. The van der Waals surface area contributed by atoms with E-state index in [0.29, 0.717) is 5.13 Å². The Morgan fingerprint density at radius 1 is 1.05 bits per heavy atom. The van der Waals surface area contributed by atoms with E-state index in [4.69, 9.17) is 0 Å². The van der Waals surface area contributed by atoms with Crippen molar-refractivity contribution in [3.63, 3.8) is 0 Å². The Morgan fingerprint density at radius 2 is 1.76 bits per heavy atom. The normalized spacial score (nSPS) is 12.2. The maximum Gasteiger partial charge on any atom is 0.299 e. The number of aromatic nitrogens is 1. The summed E-state index contributed by atoms with van der Waals surface area (Å²) in [6.45, 7) is 1.89. The molecule has 0 aliphatic rings. The van der Waals surface area contributed by atoms with Crippen molar-refractivity contribution in [2.75, 3.05) is 0 Å². The molecule has 0 unspecified atom stereocenters. The van der Waals surface area contributed by atoms with Crippen molar-refractivity contribution in [3.8, 4) is 0 Å². The molecule has 0 amide bonds. The fraction of sp³-hybridized carbons (Fsp3) is 0.0714. The van der Waals surface area contributed by atoms with Crippen LogP contribution >= 0.6 is 11.3 Å². The van der Waals surface area contributed by atoms with Gasteiger partial charge in [0.05, 0.1) is 15.1 Å². The Balaban J connectivity index is 1.92. The van der Waals surface area contributed by atoms with Gasteiger partial charge in [0, 0.05) is 0 Å². The van der Waals surface area contributed by atoms with Gasteiger partial charge in [0.15, 0.2) is 0 Å². The molecule has 1 aromatic heterocycles. The Morgan fingerprint density at radius 3 is 2.48 bits per heavy atom. The van der Waals surface area contributed by atoms with E-state index in [1.165, 1.54) is 23.5 Å². The fourth-order valence-corrected chi connectivity index (χ4v) is 3.35. The molecule has 0 radical (unpaired) electrons. The first kappa shape index (κ1) is 13.8. The predicted octanol–water partition coefficient (Wildman–Crippen LogP) is 4.08. The second kappa shape index (κ2) is 5.34. The van der Waals surface area contributed by atoms with Gasteiger partial charge >= 0.3 is 0 Å². The van der Waals surface area contributed by atoms with Crippen molar-refractivity contribution in [2.24, 2.45) is 9.63 Å². The van der Waals surface area contributed by atoms with Crippen molar-refractivity contribution < 1.29 is 8.42 Å². The molecule has 0 saturated heterocycles. The van der Waals surface area contributed by atoms with Crippen molar-refractivity contribution in [3.05, 3.63) is 54.1 Å². The maximum absolute atomic E-state index is 12.0. The molecule has 7 heteroatoms. The molecular formula is C14H11N3O2S2. The number of hydrogen-bond donors (Lipinski definition) is 0. The van der Waals surface area contributed by atoms with Crippen LogP contribution in [0.5, 0.6) is 0 Å². The van der Waals surface area contributed by atoms with Gasteiger partial charge in [-0.15, -0.1) is 5.11 Å². The first-order valence-corrected chi connectivity index (χ1v) is 8.40. The highest BCUT2D eigenvalue weighted by Gasteiger charge is 2.13. The van der Waals surface area contributed by atoms with Gasteiger partial charge in [-0.2, -0.15) is 8.42 Å². The lowest BCUT2D eigenvalue weighted by atomic mass is 10.2. The summed E-state index contributed by atoms with van der Waals surface area (Å²) in [5.74, 6) is 0. The van der Waals surface area contributed by atoms with Gasteiger partial charge in [0.25, 0.3) is 10.0 Å². The largest absolute Gasteiger partial charge is 0.299 e. The predicted molar refractivity (Wildman–Crippen MR) is 82.5 cm³/mol. The molecule has 0 spiro atoms. The minimum Gasteiger partial charge on any atom is -0.217 e. The van der Waals surface area contributed by atoms with Gasteiger partial charge in [0.1, 0.15) is 0 Å². The number of aryl methyl sites for hydroxylation is 1. The fourth-order valence-electron chi connectivity index (χ4n) is 1.75. The Hall–Kier alpha value is -2.12. The van der Waals surface area contributed by atoms with E-state index in [9.17, 15) is 8.42 Å². The van der Waals surface area contributed by atoms with Gasteiger partial charge < -0.3 is 0 Å². The highest BCUT2D eigenvalue weighted by Crippen LogP contribution is 2.28. The molecule has 0 bridgehead atoms.